The summed E-state index contributed by atoms with van der Waals surface area (Å²) in [6, 6.07) is 28.4. The number of rotatable bonds is 7. The maximum atomic E-state index is 13.3. The van der Waals surface area contributed by atoms with Crippen LogP contribution in [0.4, 0.5) is 4.79 Å². The third-order valence-electron chi connectivity index (χ3n) is 6.96. The van der Waals surface area contributed by atoms with E-state index in [1.165, 1.54) is 6.92 Å². The SMILES string of the molecule is CC(=O)N1CCN(C(=O)OC(C)(C)C)[C@@H]([C@@H](O)[C@@H](Cc2ccccc2)N=C(c2ccccc2)c2ccccc2)C1. The number of hydrogen-bond donors (Lipinski definition) is 1. The molecule has 1 heterocycles. The molecule has 0 saturated carbocycles. The van der Waals surface area contributed by atoms with Crippen LogP contribution in [-0.4, -0.2) is 76.0 Å². The number of carbonyl (C=O) groups is 2. The lowest BCUT2D eigenvalue weighted by Gasteiger charge is -2.44. The lowest BCUT2D eigenvalue weighted by molar-refractivity contribution is -0.133. The molecule has 2 amide bonds. The van der Waals surface area contributed by atoms with Crippen LogP contribution in [-0.2, 0) is 16.0 Å². The number of benzene rings is 3. The average Bonchev–Trinajstić information content (AvgIpc) is 2.95. The first-order chi connectivity index (χ1) is 19.1. The minimum Gasteiger partial charge on any atom is -0.444 e. The number of carbonyl (C=O) groups excluding carboxylic acids is 2. The number of aliphatic hydroxyl groups excluding tert-OH is 1. The van der Waals surface area contributed by atoms with E-state index < -0.39 is 29.9 Å². The molecular formula is C33H39N3O4. The Hall–Kier alpha value is -3.97. The van der Waals surface area contributed by atoms with Crippen LogP contribution in [0.15, 0.2) is 96.0 Å². The molecule has 1 N–H and O–H groups in total. The number of hydrogen-bond acceptors (Lipinski definition) is 5. The van der Waals surface area contributed by atoms with Crippen molar-refractivity contribution in [3.8, 4) is 0 Å². The Bertz CT molecular complexity index is 1250. The first kappa shape index (κ1) is 29.0. The van der Waals surface area contributed by atoms with Crippen molar-refractivity contribution in [2.24, 2.45) is 4.99 Å². The van der Waals surface area contributed by atoms with Gasteiger partial charge in [-0.25, -0.2) is 4.79 Å². The molecule has 7 heteroatoms. The van der Waals surface area contributed by atoms with Gasteiger partial charge in [0.1, 0.15) is 5.60 Å². The van der Waals surface area contributed by atoms with Gasteiger partial charge in [-0.3, -0.25) is 14.7 Å². The largest absolute Gasteiger partial charge is 0.444 e. The molecule has 3 aromatic carbocycles. The Labute approximate surface area is 237 Å². The van der Waals surface area contributed by atoms with Gasteiger partial charge in [0.25, 0.3) is 0 Å². The minimum atomic E-state index is -1.07. The summed E-state index contributed by atoms with van der Waals surface area (Å²) >= 11 is 0. The van der Waals surface area contributed by atoms with Gasteiger partial charge in [-0.15, -0.1) is 0 Å². The number of ether oxygens (including phenoxy) is 1. The van der Waals surface area contributed by atoms with E-state index in [1.54, 1.807) is 9.80 Å². The average molecular weight is 542 g/mol. The molecule has 7 nitrogen and oxygen atoms in total. The highest BCUT2D eigenvalue weighted by atomic mass is 16.6. The normalized spacial score (nSPS) is 17.1. The molecule has 0 spiro atoms. The first-order valence-corrected chi connectivity index (χ1v) is 13.8. The van der Waals surface area contributed by atoms with Gasteiger partial charge in [-0.1, -0.05) is 91.0 Å². The van der Waals surface area contributed by atoms with E-state index in [-0.39, 0.29) is 19.0 Å². The Morgan fingerprint density at radius 1 is 0.900 bits per heavy atom. The molecule has 3 aromatic rings. The van der Waals surface area contributed by atoms with Gasteiger partial charge in [-0.05, 0) is 32.8 Å². The molecule has 3 atom stereocenters. The summed E-state index contributed by atoms with van der Waals surface area (Å²) in [5.74, 6) is -0.0987. The maximum absolute atomic E-state index is 13.3. The van der Waals surface area contributed by atoms with E-state index in [2.05, 4.69) is 0 Å². The Morgan fingerprint density at radius 2 is 1.43 bits per heavy atom. The predicted octanol–water partition coefficient (Wildman–Crippen LogP) is 4.96. The van der Waals surface area contributed by atoms with Gasteiger partial charge in [0.2, 0.25) is 5.91 Å². The standard InChI is InChI=1S/C33H39N3O4/c1-24(37)35-20-21-36(32(39)40-33(2,3)4)29(23-35)31(38)28(22-25-14-8-5-9-15-25)34-30(26-16-10-6-11-17-26)27-18-12-7-13-19-27/h5-19,28-29,31,38H,20-23H2,1-4H3/t28-,29-,31+/m1/s1. The second kappa shape index (κ2) is 12.9. The van der Waals surface area contributed by atoms with Crippen molar-refractivity contribution in [3.05, 3.63) is 108 Å². The second-order valence-corrected chi connectivity index (χ2v) is 11.2. The van der Waals surface area contributed by atoms with Crippen molar-refractivity contribution in [1.82, 2.24) is 9.80 Å². The summed E-state index contributed by atoms with van der Waals surface area (Å²) in [7, 11) is 0. The summed E-state index contributed by atoms with van der Waals surface area (Å²) < 4.78 is 5.71. The smallest absolute Gasteiger partial charge is 0.410 e. The van der Waals surface area contributed by atoms with Crippen molar-refractivity contribution in [2.75, 3.05) is 19.6 Å². The van der Waals surface area contributed by atoms with Crippen LogP contribution >= 0.6 is 0 Å². The first-order valence-electron chi connectivity index (χ1n) is 13.8. The third-order valence-corrected chi connectivity index (χ3v) is 6.96. The topological polar surface area (TPSA) is 82.4 Å². The van der Waals surface area contributed by atoms with Crippen molar-refractivity contribution >= 4 is 17.7 Å². The summed E-state index contributed by atoms with van der Waals surface area (Å²) in [5, 5.41) is 12.1. The lowest BCUT2D eigenvalue weighted by Crippen LogP contribution is -2.62. The van der Waals surface area contributed by atoms with Crippen LogP contribution < -0.4 is 0 Å². The summed E-state index contributed by atoms with van der Waals surface area (Å²) in [6.45, 7) is 7.80. The fourth-order valence-electron chi connectivity index (χ4n) is 4.96. The number of nitrogens with zero attached hydrogens (tertiary/aromatic N) is 3. The molecule has 0 radical (unpaired) electrons. The van der Waals surface area contributed by atoms with Crippen molar-refractivity contribution in [2.45, 2.75) is 57.9 Å². The van der Waals surface area contributed by atoms with E-state index in [4.69, 9.17) is 9.73 Å². The molecule has 1 saturated heterocycles. The molecule has 4 rings (SSSR count). The third kappa shape index (κ3) is 7.57. The number of aliphatic hydroxyl groups is 1. The highest BCUT2D eigenvalue weighted by molar-refractivity contribution is 6.13. The molecule has 40 heavy (non-hydrogen) atoms. The Kier molecular flexibility index (Phi) is 9.38. The highest BCUT2D eigenvalue weighted by Gasteiger charge is 2.41. The Balaban J connectivity index is 1.79. The van der Waals surface area contributed by atoms with Crippen molar-refractivity contribution < 1.29 is 19.4 Å². The summed E-state index contributed by atoms with van der Waals surface area (Å²) in [5.41, 5.74) is 2.93. The van der Waals surface area contributed by atoms with E-state index in [9.17, 15) is 14.7 Å². The molecule has 0 aliphatic carbocycles. The Morgan fingerprint density at radius 3 is 1.93 bits per heavy atom. The van der Waals surface area contributed by atoms with Crippen LogP contribution in [0.5, 0.6) is 0 Å². The van der Waals surface area contributed by atoms with Gasteiger partial charge < -0.3 is 14.7 Å². The van der Waals surface area contributed by atoms with E-state index in [1.807, 2.05) is 112 Å². The predicted molar refractivity (Wildman–Crippen MR) is 157 cm³/mol. The maximum Gasteiger partial charge on any atom is 0.410 e. The summed E-state index contributed by atoms with van der Waals surface area (Å²) in [4.78, 5) is 34.1. The number of amides is 2. The van der Waals surface area contributed by atoms with E-state index >= 15 is 0 Å². The monoisotopic (exact) mass is 541 g/mol. The minimum absolute atomic E-state index is 0.0987. The fourth-order valence-corrected chi connectivity index (χ4v) is 4.96. The zero-order valence-electron chi connectivity index (χ0n) is 23.7. The van der Waals surface area contributed by atoms with Gasteiger partial charge in [-0.2, -0.15) is 0 Å². The molecule has 1 fully saturated rings. The van der Waals surface area contributed by atoms with Crippen LogP contribution in [0, 0.1) is 0 Å². The number of piperazine rings is 1. The number of aliphatic imine (C=N–C) groups is 1. The van der Waals surface area contributed by atoms with E-state index in [0.29, 0.717) is 13.0 Å². The van der Waals surface area contributed by atoms with Gasteiger partial charge in [0, 0.05) is 37.7 Å². The van der Waals surface area contributed by atoms with E-state index in [0.717, 1.165) is 22.4 Å². The van der Waals surface area contributed by atoms with Gasteiger partial charge >= 0.3 is 6.09 Å². The molecule has 1 aliphatic rings. The molecule has 1 aliphatic heterocycles. The molecule has 0 bridgehead atoms. The van der Waals surface area contributed by atoms with Crippen LogP contribution in [0.1, 0.15) is 44.4 Å². The zero-order chi connectivity index (χ0) is 28.7. The molecule has 0 unspecified atom stereocenters. The fraction of sp³-hybridized carbons (Fsp3) is 0.364. The van der Waals surface area contributed by atoms with Crippen LogP contribution in [0.2, 0.25) is 0 Å². The van der Waals surface area contributed by atoms with Crippen LogP contribution in [0.25, 0.3) is 0 Å². The lowest BCUT2D eigenvalue weighted by atomic mass is 9.93. The quantitative estimate of drug-likeness (QED) is 0.429. The molecular weight excluding hydrogens is 502 g/mol. The zero-order valence-corrected chi connectivity index (χ0v) is 23.7. The molecule has 0 aromatic heterocycles. The van der Waals surface area contributed by atoms with Gasteiger partial charge in [0.15, 0.2) is 0 Å². The second-order valence-electron chi connectivity index (χ2n) is 11.2. The van der Waals surface area contributed by atoms with Gasteiger partial charge in [0.05, 0.1) is 23.9 Å². The molecule has 210 valence electrons. The van der Waals surface area contributed by atoms with Crippen molar-refractivity contribution in [3.63, 3.8) is 0 Å². The summed E-state index contributed by atoms with van der Waals surface area (Å²) in [6.07, 6.45) is -1.13. The van der Waals surface area contributed by atoms with Crippen molar-refractivity contribution in [1.29, 1.82) is 0 Å². The highest BCUT2D eigenvalue weighted by Crippen LogP contribution is 2.24. The van der Waals surface area contributed by atoms with Crippen LogP contribution in [0.3, 0.4) is 0 Å².